The van der Waals surface area contributed by atoms with Crippen molar-refractivity contribution in [3.8, 4) is 0 Å². The molecular weight excluding hydrogens is 430 g/mol. The minimum absolute atomic E-state index is 0.176. The Morgan fingerprint density at radius 2 is 1.69 bits per heavy atom. The van der Waals surface area contributed by atoms with E-state index in [9.17, 15) is 14.4 Å². The molecule has 0 saturated carbocycles. The smallest absolute Gasteiger partial charge is 0.321 e. The number of carbonyl (C=O) groups is 3. The number of esters is 1. The summed E-state index contributed by atoms with van der Waals surface area (Å²) in [7, 11) is 0. The van der Waals surface area contributed by atoms with Gasteiger partial charge in [0.2, 0.25) is 5.91 Å². The van der Waals surface area contributed by atoms with Crippen LogP contribution in [0.4, 0.5) is 5.69 Å². The van der Waals surface area contributed by atoms with Gasteiger partial charge in [-0.1, -0.05) is 55.8 Å². The van der Waals surface area contributed by atoms with Gasteiger partial charge >= 0.3 is 5.97 Å². The lowest BCUT2D eigenvalue weighted by molar-refractivity contribution is -0.161. The molecule has 0 fully saturated rings. The van der Waals surface area contributed by atoms with Crippen LogP contribution in [0.25, 0.3) is 0 Å². The van der Waals surface area contributed by atoms with Crippen molar-refractivity contribution in [2.75, 3.05) is 11.9 Å². The van der Waals surface area contributed by atoms with Gasteiger partial charge in [0.1, 0.15) is 5.41 Å². The molecule has 2 aromatic carbocycles. The summed E-state index contributed by atoms with van der Waals surface area (Å²) in [6.45, 7) is 6.78. The van der Waals surface area contributed by atoms with Crippen molar-refractivity contribution in [2.24, 2.45) is 10.5 Å². The second-order valence-corrected chi connectivity index (χ2v) is 7.58. The predicted octanol–water partition coefficient (Wildman–Crippen LogP) is 4.54. The van der Waals surface area contributed by atoms with Crippen molar-refractivity contribution in [2.45, 2.75) is 40.5 Å². The van der Waals surface area contributed by atoms with E-state index in [1.54, 1.807) is 39.0 Å². The Balaban J connectivity index is 2.56. The van der Waals surface area contributed by atoms with Crippen molar-refractivity contribution in [1.82, 2.24) is 5.43 Å². The number of rotatable bonds is 9. The molecule has 0 aromatic heterocycles. The molecule has 32 heavy (non-hydrogen) atoms. The minimum Gasteiger partial charge on any atom is -0.465 e. The molecule has 0 radical (unpaired) electrons. The quantitative estimate of drug-likeness (QED) is 0.250. The normalized spacial score (nSPS) is 11.6. The molecule has 2 aromatic rings. The maximum atomic E-state index is 13.1. The third-order valence-corrected chi connectivity index (χ3v) is 5.41. The number of benzene rings is 2. The number of nitrogens with zero attached hydrogens (tertiary/aromatic N) is 1. The van der Waals surface area contributed by atoms with Crippen LogP contribution in [0.3, 0.4) is 0 Å². The summed E-state index contributed by atoms with van der Waals surface area (Å²) in [4.78, 5) is 37.4. The average Bonchev–Trinajstić information content (AvgIpc) is 2.77. The van der Waals surface area contributed by atoms with Crippen LogP contribution in [0.15, 0.2) is 53.6 Å². The number of ether oxygens (including phenoxy) is 1. The lowest BCUT2D eigenvalue weighted by atomic mass is 9.81. The van der Waals surface area contributed by atoms with E-state index in [0.717, 1.165) is 0 Å². The molecule has 0 saturated heterocycles. The monoisotopic (exact) mass is 457 g/mol. The molecule has 0 spiro atoms. The molecule has 0 bridgehead atoms. The summed E-state index contributed by atoms with van der Waals surface area (Å²) in [5.74, 6) is -1.40. The Morgan fingerprint density at radius 3 is 2.25 bits per heavy atom. The van der Waals surface area contributed by atoms with Crippen LogP contribution in [-0.4, -0.2) is 30.1 Å². The number of amides is 2. The third-order valence-electron chi connectivity index (χ3n) is 5.17. The van der Waals surface area contributed by atoms with Crippen LogP contribution < -0.4 is 10.7 Å². The van der Waals surface area contributed by atoms with E-state index in [2.05, 4.69) is 15.8 Å². The van der Waals surface area contributed by atoms with Crippen molar-refractivity contribution in [3.05, 3.63) is 64.7 Å². The van der Waals surface area contributed by atoms with Gasteiger partial charge in [-0.3, -0.25) is 14.4 Å². The Labute approximate surface area is 193 Å². The van der Waals surface area contributed by atoms with Crippen molar-refractivity contribution >= 4 is 40.8 Å². The Bertz CT molecular complexity index is 1000. The molecule has 0 atom stereocenters. The standard InChI is InChI=1S/C24H28ClN3O4/c1-5-24(6-2,23(31)32-7-3)22(30)28-27-21(17-11-9-8-10-12-17)19-15-18(25)13-14-20(19)26-16(4)29/h8-15H,5-7H2,1-4H3,(H,26,29)(H,28,30)/b27-21-. The predicted molar refractivity (Wildman–Crippen MR) is 126 cm³/mol. The minimum atomic E-state index is -1.35. The fourth-order valence-corrected chi connectivity index (χ4v) is 3.49. The van der Waals surface area contributed by atoms with Gasteiger partial charge in [0.05, 0.1) is 18.0 Å². The lowest BCUT2D eigenvalue weighted by Crippen LogP contribution is -2.45. The van der Waals surface area contributed by atoms with Gasteiger partial charge < -0.3 is 10.1 Å². The Morgan fingerprint density at radius 1 is 1.03 bits per heavy atom. The molecule has 0 aliphatic heterocycles. The van der Waals surface area contributed by atoms with Crippen LogP contribution in [0.1, 0.15) is 51.7 Å². The highest BCUT2D eigenvalue weighted by Gasteiger charge is 2.44. The molecule has 0 aliphatic rings. The van der Waals surface area contributed by atoms with Crippen molar-refractivity contribution < 1.29 is 19.1 Å². The first-order valence-electron chi connectivity index (χ1n) is 10.5. The summed E-state index contributed by atoms with van der Waals surface area (Å²) in [6, 6.07) is 14.1. The number of anilines is 1. The zero-order valence-corrected chi connectivity index (χ0v) is 19.5. The van der Waals surface area contributed by atoms with Crippen molar-refractivity contribution in [3.63, 3.8) is 0 Å². The Hall–Kier alpha value is -3.19. The fourth-order valence-electron chi connectivity index (χ4n) is 3.32. The molecule has 170 valence electrons. The summed E-state index contributed by atoms with van der Waals surface area (Å²) >= 11 is 6.23. The van der Waals surface area contributed by atoms with Crippen LogP contribution in [0.2, 0.25) is 5.02 Å². The Kier molecular flexibility index (Phi) is 8.96. The highest BCUT2D eigenvalue weighted by molar-refractivity contribution is 6.31. The van der Waals surface area contributed by atoms with Gasteiger partial charge in [0, 0.05) is 23.1 Å². The topological polar surface area (TPSA) is 96.9 Å². The van der Waals surface area contributed by atoms with Gasteiger partial charge in [-0.2, -0.15) is 5.10 Å². The number of hydrogen-bond donors (Lipinski definition) is 2. The molecule has 8 heteroatoms. The molecule has 2 amide bonds. The first-order chi connectivity index (χ1) is 15.3. The largest absolute Gasteiger partial charge is 0.465 e. The van der Waals surface area contributed by atoms with E-state index < -0.39 is 17.3 Å². The first kappa shape index (κ1) is 25.1. The van der Waals surface area contributed by atoms with E-state index in [-0.39, 0.29) is 25.4 Å². The zero-order chi connectivity index (χ0) is 23.7. The summed E-state index contributed by atoms with van der Waals surface area (Å²) in [6.07, 6.45) is 0.525. The third kappa shape index (κ3) is 5.73. The summed E-state index contributed by atoms with van der Waals surface area (Å²) in [5, 5.41) is 7.57. The zero-order valence-electron chi connectivity index (χ0n) is 18.7. The fraction of sp³-hybridized carbons (Fsp3) is 0.333. The average molecular weight is 458 g/mol. The summed E-state index contributed by atoms with van der Waals surface area (Å²) in [5.41, 5.74) is 3.29. The number of nitrogens with one attached hydrogen (secondary N) is 2. The van der Waals surface area contributed by atoms with Crippen molar-refractivity contribution in [1.29, 1.82) is 0 Å². The second-order valence-electron chi connectivity index (χ2n) is 7.15. The number of hydrazone groups is 1. The molecule has 0 unspecified atom stereocenters. The first-order valence-corrected chi connectivity index (χ1v) is 10.8. The molecule has 7 nitrogen and oxygen atoms in total. The van der Waals surface area contributed by atoms with Gasteiger partial charge in [-0.05, 0) is 38.0 Å². The molecule has 0 aliphatic carbocycles. The lowest BCUT2D eigenvalue weighted by Gasteiger charge is -2.26. The SMILES string of the molecule is CCOC(=O)C(CC)(CC)C(=O)N/N=C(/c1ccccc1)c1cc(Cl)ccc1NC(C)=O. The highest BCUT2D eigenvalue weighted by Crippen LogP contribution is 2.29. The summed E-state index contributed by atoms with van der Waals surface area (Å²) < 4.78 is 5.15. The molecule has 2 N–H and O–H groups in total. The number of halogens is 1. The van der Waals surface area contributed by atoms with Gasteiger partial charge in [0.15, 0.2) is 0 Å². The second kappa shape index (κ2) is 11.4. The van der Waals surface area contributed by atoms with E-state index in [1.165, 1.54) is 6.92 Å². The van der Waals surface area contributed by atoms with Crippen LogP contribution in [0, 0.1) is 5.41 Å². The van der Waals surface area contributed by atoms with Crippen LogP contribution in [0.5, 0.6) is 0 Å². The molecular formula is C24H28ClN3O4. The van der Waals surface area contributed by atoms with Gasteiger partial charge in [-0.25, -0.2) is 5.43 Å². The maximum Gasteiger partial charge on any atom is 0.321 e. The van der Waals surface area contributed by atoms with Gasteiger partial charge in [-0.15, -0.1) is 0 Å². The number of hydrogen-bond acceptors (Lipinski definition) is 5. The van der Waals surface area contributed by atoms with E-state index in [0.29, 0.717) is 27.5 Å². The van der Waals surface area contributed by atoms with Crippen LogP contribution in [-0.2, 0) is 19.1 Å². The maximum absolute atomic E-state index is 13.1. The highest BCUT2D eigenvalue weighted by atomic mass is 35.5. The number of carbonyl (C=O) groups excluding carboxylic acids is 3. The van der Waals surface area contributed by atoms with E-state index in [1.807, 2.05) is 30.3 Å². The molecule has 0 heterocycles. The van der Waals surface area contributed by atoms with E-state index >= 15 is 0 Å². The molecule has 2 rings (SSSR count). The van der Waals surface area contributed by atoms with E-state index in [4.69, 9.17) is 16.3 Å². The van der Waals surface area contributed by atoms with Gasteiger partial charge in [0.25, 0.3) is 5.91 Å². The van der Waals surface area contributed by atoms with Crippen LogP contribution >= 0.6 is 11.6 Å².